The number of methoxy groups -OCH3 is 1. The van der Waals surface area contributed by atoms with Gasteiger partial charge in [0.15, 0.2) is 0 Å². The molecule has 1 atom stereocenters. The largest absolute Gasteiger partial charge is 0.497 e. The van der Waals surface area contributed by atoms with Crippen LogP contribution in [0.1, 0.15) is 43.2 Å². The van der Waals surface area contributed by atoms with E-state index in [1.54, 1.807) is 24.3 Å². The number of hydrogen-bond donors (Lipinski definition) is 1. The third-order valence-corrected chi connectivity index (χ3v) is 5.71. The lowest BCUT2D eigenvalue weighted by molar-refractivity contribution is -0.163. The molecule has 3 rings (SSSR count). The van der Waals surface area contributed by atoms with Crippen LogP contribution in [0.4, 0.5) is 17.6 Å². The van der Waals surface area contributed by atoms with E-state index in [4.69, 9.17) is 19.3 Å². The van der Waals surface area contributed by atoms with E-state index in [2.05, 4.69) is 0 Å². The summed E-state index contributed by atoms with van der Waals surface area (Å²) < 4.78 is 71.8. The monoisotopic (exact) mass is 520 g/mol. The highest BCUT2D eigenvalue weighted by molar-refractivity contribution is 5.72. The van der Waals surface area contributed by atoms with Crippen molar-refractivity contribution in [1.82, 2.24) is 0 Å². The highest BCUT2D eigenvalue weighted by Crippen LogP contribution is 2.39. The van der Waals surface area contributed by atoms with Crippen molar-refractivity contribution in [3.8, 4) is 28.4 Å². The Morgan fingerprint density at radius 3 is 2.43 bits per heavy atom. The van der Waals surface area contributed by atoms with E-state index in [1.807, 2.05) is 6.92 Å². The summed E-state index contributed by atoms with van der Waals surface area (Å²) in [5.74, 6) is -3.05. The van der Waals surface area contributed by atoms with Crippen LogP contribution in [-0.2, 0) is 11.4 Å². The van der Waals surface area contributed by atoms with Crippen LogP contribution in [-0.4, -0.2) is 31.0 Å². The van der Waals surface area contributed by atoms with Gasteiger partial charge in [-0.05, 0) is 53.9 Å². The molecule has 0 spiro atoms. The Balaban J connectivity index is 1.85. The highest BCUT2D eigenvalue weighted by atomic mass is 19.4. The molecule has 0 fully saturated rings. The predicted molar refractivity (Wildman–Crippen MR) is 131 cm³/mol. The minimum Gasteiger partial charge on any atom is -0.497 e. The summed E-state index contributed by atoms with van der Waals surface area (Å²) in [6.07, 6.45) is -4.09. The first-order chi connectivity index (χ1) is 17.6. The van der Waals surface area contributed by atoms with Crippen LogP contribution in [0.3, 0.4) is 0 Å². The van der Waals surface area contributed by atoms with Gasteiger partial charge in [0.1, 0.15) is 29.7 Å². The van der Waals surface area contributed by atoms with Crippen LogP contribution in [0.25, 0.3) is 11.1 Å². The van der Waals surface area contributed by atoms with E-state index in [1.165, 1.54) is 43.5 Å². The van der Waals surface area contributed by atoms with E-state index < -0.39 is 30.3 Å². The molecular weight excluding hydrogens is 492 g/mol. The first-order valence-electron chi connectivity index (χ1n) is 11.7. The number of alkyl halides is 3. The van der Waals surface area contributed by atoms with Crippen molar-refractivity contribution >= 4 is 5.97 Å². The Morgan fingerprint density at radius 2 is 1.76 bits per heavy atom. The second-order valence-corrected chi connectivity index (χ2v) is 8.43. The summed E-state index contributed by atoms with van der Waals surface area (Å²) in [5.41, 5.74) is 1.30. The molecule has 0 amide bonds. The van der Waals surface area contributed by atoms with Crippen molar-refractivity contribution in [2.75, 3.05) is 13.7 Å². The molecule has 0 aliphatic rings. The van der Waals surface area contributed by atoms with Crippen LogP contribution < -0.4 is 14.2 Å². The zero-order valence-corrected chi connectivity index (χ0v) is 20.5. The van der Waals surface area contributed by atoms with Gasteiger partial charge in [-0.3, -0.25) is 4.79 Å². The van der Waals surface area contributed by atoms with E-state index in [9.17, 15) is 22.4 Å². The fourth-order valence-corrected chi connectivity index (χ4v) is 3.75. The average Bonchev–Trinajstić information content (AvgIpc) is 2.86. The molecule has 198 valence electrons. The minimum absolute atomic E-state index is 0.00405. The van der Waals surface area contributed by atoms with Gasteiger partial charge in [-0.2, -0.15) is 13.2 Å². The van der Waals surface area contributed by atoms with Gasteiger partial charge in [-0.15, -0.1) is 0 Å². The lowest BCUT2D eigenvalue weighted by Gasteiger charge is -2.19. The maximum atomic E-state index is 14.6. The molecule has 1 N–H and O–H groups in total. The van der Waals surface area contributed by atoms with Gasteiger partial charge in [-0.25, -0.2) is 4.39 Å². The lowest BCUT2D eigenvalue weighted by atomic mass is 9.95. The molecule has 0 unspecified atom stereocenters. The van der Waals surface area contributed by atoms with Gasteiger partial charge < -0.3 is 19.3 Å². The number of rotatable bonds is 12. The highest BCUT2D eigenvalue weighted by Gasteiger charge is 2.42. The number of hydrogen-bond acceptors (Lipinski definition) is 4. The zero-order valence-electron chi connectivity index (χ0n) is 20.5. The maximum Gasteiger partial charge on any atom is 0.396 e. The Labute approximate surface area is 212 Å². The fourth-order valence-electron chi connectivity index (χ4n) is 3.75. The molecular formula is C28H28F4O5. The van der Waals surface area contributed by atoms with E-state index in [0.717, 1.165) is 12.8 Å². The minimum atomic E-state index is -4.72. The molecule has 0 aliphatic heterocycles. The number of ether oxygens (including phenoxy) is 3. The Bertz CT molecular complexity index is 1210. The van der Waals surface area contributed by atoms with Crippen molar-refractivity contribution in [3.05, 3.63) is 77.6 Å². The summed E-state index contributed by atoms with van der Waals surface area (Å²) in [4.78, 5) is 11.0. The molecule has 9 heteroatoms. The van der Waals surface area contributed by atoms with Crippen LogP contribution in [0.2, 0.25) is 0 Å². The van der Waals surface area contributed by atoms with E-state index in [-0.39, 0.29) is 17.9 Å². The van der Waals surface area contributed by atoms with Crippen LogP contribution in [0.5, 0.6) is 17.2 Å². The first kappa shape index (κ1) is 27.8. The lowest BCUT2D eigenvalue weighted by Crippen LogP contribution is -2.23. The molecule has 0 aliphatic carbocycles. The number of unbranched alkanes of at least 4 members (excludes halogenated alkanes) is 1. The molecule has 0 saturated carbocycles. The summed E-state index contributed by atoms with van der Waals surface area (Å²) in [6.45, 7) is 2.44. The predicted octanol–water partition coefficient (Wildman–Crippen LogP) is 7.38. The number of carboxylic acid groups (broad SMARTS) is 1. The molecule has 3 aromatic rings. The molecule has 0 saturated heterocycles. The van der Waals surface area contributed by atoms with Crippen molar-refractivity contribution < 1.29 is 41.7 Å². The Morgan fingerprint density at radius 1 is 0.973 bits per heavy atom. The molecule has 37 heavy (non-hydrogen) atoms. The summed E-state index contributed by atoms with van der Waals surface area (Å²) in [6, 6.07) is 14.8. The average molecular weight is 521 g/mol. The van der Waals surface area contributed by atoms with E-state index in [0.29, 0.717) is 34.8 Å². The van der Waals surface area contributed by atoms with Gasteiger partial charge in [-0.1, -0.05) is 37.6 Å². The second-order valence-electron chi connectivity index (χ2n) is 8.43. The standard InChI is InChI=1S/C28H28F4O5/c1-3-4-12-36-26-13-18(8-10-22(26)23-15-20(35-2)9-11-25(23)29)17-37-21-7-5-6-19(14-21)24(16-27(33)34)28(30,31)32/h5-11,13-15,24H,3-4,12,16-17H2,1-2H3,(H,33,34)/t24-/m0/s1. The summed E-state index contributed by atoms with van der Waals surface area (Å²) in [5, 5.41) is 8.91. The van der Waals surface area contributed by atoms with Gasteiger partial charge in [0.2, 0.25) is 0 Å². The molecule has 0 aromatic heterocycles. The Hall–Kier alpha value is -3.75. The first-order valence-corrected chi connectivity index (χ1v) is 11.7. The fraction of sp³-hybridized carbons (Fsp3) is 0.321. The third kappa shape index (κ3) is 7.62. The normalized spacial score (nSPS) is 12.2. The van der Waals surface area contributed by atoms with E-state index >= 15 is 0 Å². The number of halogens is 4. The van der Waals surface area contributed by atoms with Crippen LogP contribution in [0, 0.1) is 5.82 Å². The molecule has 3 aromatic carbocycles. The third-order valence-electron chi connectivity index (χ3n) is 5.71. The van der Waals surface area contributed by atoms with Crippen LogP contribution >= 0.6 is 0 Å². The summed E-state index contributed by atoms with van der Waals surface area (Å²) >= 11 is 0. The number of carboxylic acids is 1. The number of aliphatic carboxylic acids is 1. The smallest absolute Gasteiger partial charge is 0.396 e. The second kappa shape index (κ2) is 12.5. The van der Waals surface area contributed by atoms with Crippen molar-refractivity contribution in [3.63, 3.8) is 0 Å². The quantitative estimate of drug-likeness (QED) is 0.199. The van der Waals surface area contributed by atoms with Gasteiger partial charge in [0, 0.05) is 11.1 Å². The topological polar surface area (TPSA) is 65.0 Å². The van der Waals surface area contributed by atoms with Crippen molar-refractivity contribution in [2.24, 2.45) is 0 Å². The Kier molecular flexibility index (Phi) is 9.38. The molecule has 0 bridgehead atoms. The van der Waals surface area contributed by atoms with Crippen molar-refractivity contribution in [2.45, 2.75) is 44.9 Å². The van der Waals surface area contributed by atoms with Crippen molar-refractivity contribution in [1.29, 1.82) is 0 Å². The number of carbonyl (C=O) groups is 1. The van der Waals surface area contributed by atoms with Crippen LogP contribution in [0.15, 0.2) is 60.7 Å². The SMILES string of the molecule is CCCCOc1cc(COc2cccc([C@H](CC(=O)O)C(F)(F)F)c2)ccc1-c1cc(OC)ccc1F. The van der Waals surface area contributed by atoms with Gasteiger partial charge in [0.25, 0.3) is 0 Å². The zero-order chi connectivity index (χ0) is 27.0. The number of benzene rings is 3. The molecule has 5 nitrogen and oxygen atoms in total. The summed E-state index contributed by atoms with van der Waals surface area (Å²) in [7, 11) is 1.49. The molecule has 0 radical (unpaired) electrons. The molecule has 0 heterocycles. The van der Waals surface area contributed by atoms with Gasteiger partial charge in [0.05, 0.1) is 26.1 Å². The van der Waals surface area contributed by atoms with Gasteiger partial charge >= 0.3 is 12.1 Å². The maximum absolute atomic E-state index is 14.6.